The van der Waals surface area contributed by atoms with Crippen molar-refractivity contribution < 1.29 is 9.47 Å². The first-order valence-electron chi connectivity index (χ1n) is 6.47. The molecule has 6 nitrogen and oxygen atoms in total. The van der Waals surface area contributed by atoms with Crippen molar-refractivity contribution in [2.24, 2.45) is 0 Å². The third kappa shape index (κ3) is 3.47. The van der Waals surface area contributed by atoms with Gasteiger partial charge < -0.3 is 14.5 Å². The van der Waals surface area contributed by atoms with Crippen molar-refractivity contribution in [3.8, 4) is 41.2 Å². The van der Waals surface area contributed by atoms with Crippen LogP contribution < -0.4 is 15.0 Å². The van der Waals surface area contributed by atoms with Crippen molar-refractivity contribution in [3.05, 3.63) is 34.1 Å². The number of rotatable bonds is 5. The molecule has 2 aromatic rings. The summed E-state index contributed by atoms with van der Waals surface area (Å²) in [5, 5.41) is 9.69. The number of benzene rings is 1. The molecule has 0 aliphatic rings. The van der Waals surface area contributed by atoms with Gasteiger partial charge in [-0.3, -0.25) is 4.79 Å². The summed E-state index contributed by atoms with van der Waals surface area (Å²) in [7, 11) is 1.52. The van der Waals surface area contributed by atoms with Gasteiger partial charge in [0, 0.05) is 5.56 Å². The molecule has 116 valence electrons. The van der Waals surface area contributed by atoms with E-state index in [1.165, 1.54) is 18.9 Å². The van der Waals surface area contributed by atoms with Gasteiger partial charge in [-0.15, -0.1) is 6.42 Å². The third-order valence-electron chi connectivity index (χ3n) is 2.96. The van der Waals surface area contributed by atoms with Gasteiger partial charge in [0.1, 0.15) is 35.4 Å². The van der Waals surface area contributed by atoms with Crippen molar-refractivity contribution in [2.45, 2.75) is 5.16 Å². The highest BCUT2D eigenvalue weighted by Crippen LogP contribution is 2.34. The molecule has 2 rings (SSSR count). The maximum Gasteiger partial charge on any atom is 0.270 e. The van der Waals surface area contributed by atoms with E-state index in [4.69, 9.17) is 15.9 Å². The molecular weight excluding hydrogens is 314 g/mol. The normalized spacial score (nSPS) is 9.74. The second-order valence-corrected chi connectivity index (χ2v) is 5.06. The van der Waals surface area contributed by atoms with E-state index in [1.807, 2.05) is 6.07 Å². The maximum atomic E-state index is 12.1. The van der Waals surface area contributed by atoms with E-state index in [0.717, 1.165) is 0 Å². The van der Waals surface area contributed by atoms with E-state index in [-0.39, 0.29) is 17.9 Å². The third-order valence-corrected chi connectivity index (χ3v) is 3.54. The number of hydrogen-bond acceptors (Lipinski definition) is 6. The summed E-state index contributed by atoms with van der Waals surface area (Å²) < 4.78 is 10.7. The summed E-state index contributed by atoms with van der Waals surface area (Å²) in [6.45, 7) is 0.0553. The predicted molar refractivity (Wildman–Crippen MR) is 87.7 cm³/mol. The molecule has 0 bridgehead atoms. The second-order valence-electron chi connectivity index (χ2n) is 4.27. The Bertz CT molecular complexity index is 862. The number of thioether (sulfide) groups is 1. The van der Waals surface area contributed by atoms with Crippen LogP contribution in [0.15, 0.2) is 28.2 Å². The molecule has 0 aliphatic heterocycles. The summed E-state index contributed by atoms with van der Waals surface area (Å²) >= 11 is 1.26. The lowest BCUT2D eigenvalue weighted by molar-refractivity contribution is 0.369. The van der Waals surface area contributed by atoms with Crippen LogP contribution >= 0.6 is 11.8 Å². The molecule has 0 saturated heterocycles. The van der Waals surface area contributed by atoms with Crippen molar-refractivity contribution in [2.75, 3.05) is 20.0 Å². The second kappa shape index (κ2) is 7.39. The highest BCUT2D eigenvalue weighted by molar-refractivity contribution is 7.98. The highest BCUT2D eigenvalue weighted by atomic mass is 32.2. The Morgan fingerprint density at radius 3 is 2.87 bits per heavy atom. The molecule has 1 heterocycles. The van der Waals surface area contributed by atoms with Crippen LogP contribution in [-0.4, -0.2) is 29.9 Å². The number of methoxy groups -OCH3 is 1. The molecule has 1 N–H and O–H groups in total. The van der Waals surface area contributed by atoms with Crippen LogP contribution in [0, 0.1) is 23.7 Å². The minimum atomic E-state index is -0.507. The number of nitrogens with zero attached hydrogens (tertiary/aromatic N) is 2. The van der Waals surface area contributed by atoms with Gasteiger partial charge in [-0.05, 0) is 24.5 Å². The number of nitrogens with one attached hydrogen (secondary N) is 1. The summed E-state index contributed by atoms with van der Waals surface area (Å²) in [6, 6.07) is 6.89. The van der Waals surface area contributed by atoms with E-state index in [9.17, 15) is 10.1 Å². The lowest BCUT2D eigenvalue weighted by Crippen LogP contribution is -2.15. The summed E-state index contributed by atoms with van der Waals surface area (Å²) in [6.07, 6.45) is 6.99. The Kier molecular flexibility index (Phi) is 5.29. The van der Waals surface area contributed by atoms with Crippen molar-refractivity contribution in [3.63, 3.8) is 0 Å². The molecule has 0 saturated carbocycles. The lowest BCUT2D eigenvalue weighted by atomic mass is 10.1. The van der Waals surface area contributed by atoms with Gasteiger partial charge in [-0.2, -0.15) is 5.26 Å². The molecule has 7 heteroatoms. The number of hydrogen-bond donors (Lipinski definition) is 1. The zero-order valence-corrected chi connectivity index (χ0v) is 13.4. The lowest BCUT2D eigenvalue weighted by Gasteiger charge is -2.12. The number of nitriles is 1. The Morgan fingerprint density at radius 2 is 2.26 bits per heavy atom. The van der Waals surface area contributed by atoms with E-state index in [2.05, 4.69) is 15.9 Å². The number of aromatic nitrogens is 2. The minimum Gasteiger partial charge on any atom is -0.497 e. The number of ether oxygens (including phenoxy) is 2. The SMILES string of the molecule is C#CCOc1ccc(OC)cc1-c1nc(SC)[nH]c(=O)c1C#N. The molecule has 0 unspecified atom stereocenters. The Hall–Kier alpha value is -2.90. The van der Waals surface area contributed by atoms with Crippen LogP contribution in [0.1, 0.15) is 5.56 Å². The van der Waals surface area contributed by atoms with Gasteiger partial charge in [-0.25, -0.2) is 4.98 Å². The van der Waals surface area contributed by atoms with Crippen LogP contribution in [0.25, 0.3) is 11.3 Å². The van der Waals surface area contributed by atoms with Gasteiger partial charge in [0.05, 0.1) is 7.11 Å². The monoisotopic (exact) mass is 327 g/mol. The first-order valence-corrected chi connectivity index (χ1v) is 7.70. The topological polar surface area (TPSA) is 88.0 Å². The van der Waals surface area contributed by atoms with Gasteiger partial charge in [0.25, 0.3) is 5.56 Å². The molecule has 0 amide bonds. The molecule has 0 atom stereocenters. The minimum absolute atomic E-state index is 0.0553. The highest BCUT2D eigenvalue weighted by Gasteiger charge is 2.18. The smallest absolute Gasteiger partial charge is 0.270 e. The average molecular weight is 327 g/mol. The molecule has 0 spiro atoms. The number of H-pyrrole nitrogens is 1. The first-order chi connectivity index (χ1) is 11.1. The fourth-order valence-corrected chi connectivity index (χ4v) is 2.29. The summed E-state index contributed by atoms with van der Waals surface area (Å²) in [4.78, 5) is 19.0. The molecular formula is C16H13N3O3S. The van der Waals surface area contributed by atoms with Gasteiger partial charge in [0.15, 0.2) is 5.16 Å². The van der Waals surface area contributed by atoms with Crippen molar-refractivity contribution >= 4 is 11.8 Å². The Balaban J connectivity index is 2.74. The van der Waals surface area contributed by atoms with E-state index in [1.54, 1.807) is 24.5 Å². The molecule has 0 radical (unpaired) electrons. The van der Waals surface area contributed by atoms with Crippen LogP contribution in [0.5, 0.6) is 11.5 Å². The molecule has 0 aliphatic carbocycles. The Morgan fingerprint density at radius 1 is 1.48 bits per heavy atom. The van der Waals surface area contributed by atoms with Crippen LogP contribution in [0.4, 0.5) is 0 Å². The fourth-order valence-electron chi connectivity index (χ4n) is 1.91. The molecule has 23 heavy (non-hydrogen) atoms. The van der Waals surface area contributed by atoms with E-state index >= 15 is 0 Å². The molecule has 1 aromatic heterocycles. The fraction of sp³-hybridized carbons (Fsp3) is 0.188. The summed E-state index contributed by atoms with van der Waals surface area (Å²) in [5.41, 5.74) is 0.0956. The van der Waals surface area contributed by atoms with E-state index in [0.29, 0.717) is 22.2 Å². The van der Waals surface area contributed by atoms with Gasteiger partial charge in [0.2, 0.25) is 0 Å². The van der Waals surface area contributed by atoms with Crippen LogP contribution in [0.3, 0.4) is 0 Å². The quantitative estimate of drug-likeness (QED) is 0.514. The van der Waals surface area contributed by atoms with Crippen molar-refractivity contribution in [1.29, 1.82) is 5.26 Å². The predicted octanol–water partition coefficient (Wildman–Crippen LogP) is 2.05. The average Bonchev–Trinajstić information content (AvgIpc) is 2.58. The number of terminal acetylenes is 1. The largest absolute Gasteiger partial charge is 0.497 e. The van der Waals surface area contributed by atoms with Crippen LogP contribution in [-0.2, 0) is 0 Å². The van der Waals surface area contributed by atoms with Gasteiger partial charge >= 0.3 is 0 Å². The first kappa shape index (κ1) is 16.5. The summed E-state index contributed by atoms with van der Waals surface area (Å²) in [5.74, 6) is 3.34. The van der Waals surface area contributed by atoms with E-state index < -0.39 is 5.56 Å². The van der Waals surface area contributed by atoms with Gasteiger partial charge in [-0.1, -0.05) is 17.7 Å². The Labute approximate surface area is 137 Å². The zero-order valence-electron chi connectivity index (χ0n) is 12.5. The molecule has 1 aromatic carbocycles. The maximum absolute atomic E-state index is 12.1. The van der Waals surface area contributed by atoms with Crippen LogP contribution in [0.2, 0.25) is 0 Å². The molecule has 0 fully saturated rings. The standard InChI is InChI=1S/C16H13N3O3S/c1-4-7-22-13-6-5-10(21-2)8-11(13)14-12(9-17)15(20)19-16(18-14)23-3/h1,5-6,8H,7H2,2-3H3,(H,18,19,20). The number of aromatic amines is 1. The zero-order chi connectivity index (χ0) is 16.8. The van der Waals surface area contributed by atoms with Crippen molar-refractivity contribution in [1.82, 2.24) is 9.97 Å².